The second kappa shape index (κ2) is 16.8. The number of benzene rings is 6. The molecule has 0 fully saturated rings. The number of urea groups is 1. The SMILES string of the molecule is O=C(Nc1ccc2c(c1)CC(S(=O)(=O)O)/C(=N\Nc1ccc3cc(S(=O)(=O)O)ccc3c1)C2=O)Nc1ccc2c(c1)CC(S(=O)(=O)O)/C(=N\Nc1ccc3cc(S(=O)(=O)O)ccc3c1)C2=O. The molecule has 0 spiro atoms. The van der Waals surface area contributed by atoms with Crippen LogP contribution in [0.4, 0.5) is 27.5 Å². The first-order valence-electron chi connectivity index (χ1n) is 19.0. The Bertz CT molecular complexity index is 3400. The van der Waals surface area contributed by atoms with Crippen molar-refractivity contribution in [2.45, 2.75) is 33.1 Å². The van der Waals surface area contributed by atoms with Gasteiger partial charge in [-0.1, -0.05) is 24.3 Å². The first kappa shape index (κ1) is 45.6. The van der Waals surface area contributed by atoms with Gasteiger partial charge in [0, 0.05) is 22.5 Å². The van der Waals surface area contributed by atoms with Crippen LogP contribution in [0.3, 0.4) is 0 Å². The largest absolute Gasteiger partial charge is 0.323 e. The molecule has 25 heteroatoms. The molecule has 21 nitrogen and oxygen atoms in total. The predicted octanol–water partition coefficient (Wildman–Crippen LogP) is 5.06. The molecule has 2 atom stereocenters. The minimum atomic E-state index is -4.92. The van der Waals surface area contributed by atoms with Crippen LogP contribution in [0.1, 0.15) is 31.8 Å². The van der Waals surface area contributed by atoms with Gasteiger partial charge in [-0.25, -0.2) is 4.79 Å². The summed E-state index contributed by atoms with van der Waals surface area (Å²) < 4.78 is 135. The lowest BCUT2D eigenvalue weighted by Crippen LogP contribution is -2.42. The van der Waals surface area contributed by atoms with Crippen LogP contribution in [-0.4, -0.2) is 91.4 Å². The van der Waals surface area contributed by atoms with E-state index in [1.54, 1.807) is 0 Å². The van der Waals surface area contributed by atoms with Crippen LogP contribution in [0.2, 0.25) is 0 Å². The molecule has 2 unspecified atom stereocenters. The number of fused-ring (bicyclic) bond motifs is 4. The first-order chi connectivity index (χ1) is 30.9. The highest BCUT2D eigenvalue weighted by molar-refractivity contribution is 7.87. The summed E-state index contributed by atoms with van der Waals surface area (Å²) in [5.41, 5.74) is 5.21. The van der Waals surface area contributed by atoms with Gasteiger partial charge in [-0.15, -0.1) is 0 Å². The number of carbonyl (C=O) groups is 3. The summed E-state index contributed by atoms with van der Waals surface area (Å²) in [7, 11) is -18.8. The lowest BCUT2D eigenvalue weighted by Gasteiger charge is -2.24. The maximum atomic E-state index is 13.6. The van der Waals surface area contributed by atoms with Gasteiger partial charge in [-0.3, -0.25) is 38.7 Å². The van der Waals surface area contributed by atoms with Crippen LogP contribution in [0.25, 0.3) is 21.5 Å². The smallest absolute Gasteiger partial charge is 0.308 e. The summed E-state index contributed by atoms with van der Waals surface area (Å²) >= 11 is 0. The molecule has 0 saturated heterocycles. The van der Waals surface area contributed by atoms with Gasteiger partial charge in [0.2, 0.25) is 11.6 Å². The quantitative estimate of drug-likeness (QED) is 0.0657. The van der Waals surface area contributed by atoms with E-state index in [9.17, 15) is 66.3 Å². The van der Waals surface area contributed by atoms with Gasteiger partial charge < -0.3 is 10.6 Å². The van der Waals surface area contributed by atoms with E-state index >= 15 is 0 Å². The average Bonchev–Trinajstić information content (AvgIpc) is 3.23. The van der Waals surface area contributed by atoms with Gasteiger partial charge in [0.05, 0.1) is 21.2 Å². The fraction of sp³-hybridized carbons (Fsp3) is 0.0976. The van der Waals surface area contributed by atoms with E-state index < -0.39 is 92.8 Å². The van der Waals surface area contributed by atoms with Crippen molar-refractivity contribution in [2.24, 2.45) is 10.2 Å². The van der Waals surface area contributed by atoms with Gasteiger partial charge in [-0.05, 0) is 130 Å². The molecule has 0 bridgehead atoms. The Balaban J connectivity index is 0.966. The standard InChI is InChI=1S/C41H32N6O15S4/c48-39-33-11-7-27(15-25(33)19-35(65(57,58)59)37(39)46-44-29-5-1-23-17-31(63(51,52)53)9-3-21(23)13-29)42-41(50)43-28-8-12-34-26(16-28)20-36(66(60,61)62)38(40(34)49)47-45-30-6-2-24-18-32(64(54,55)56)10-4-22(24)14-30/h1-18,35-36,44-45H,19-20H2,(H2,42,43,50)(H,51,52,53)(H,54,55,56)(H,57,58,59)(H,60,61,62)/b46-37+,47-38+. The second-order valence-corrected chi connectivity index (χ2v) is 21.1. The van der Waals surface area contributed by atoms with Crippen LogP contribution >= 0.6 is 0 Å². The van der Waals surface area contributed by atoms with Crippen molar-refractivity contribution >= 4 is 114 Å². The van der Waals surface area contributed by atoms with E-state index in [0.29, 0.717) is 21.5 Å². The van der Waals surface area contributed by atoms with E-state index in [4.69, 9.17) is 0 Å². The van der Waals surface area contributed by atoms with E-state index in [1.165, 1.54) is 109 Å². The first-order valence-corrected chi connectivity index (χ1v) is 24.9. The summed E-state index contributed by atoms with van der Waals surface area (Å²) in [4.78, 5) is 39.7. The summed E-state index contributed by atoms with van der Waals surface area (Å²) in [5.74, 6) is -1.69. The normalized spacial score (nSPS) is 17.9. The average molecular weight is 977 g/mol. The number of hydrogen-bond acceptors (Lipinski definition) is 15. The Kier molecular flexibility index (Phi) is 11.6. The predicted molar refractivity (Wildman–Crippen MR) is 242 cm³/mol. The molecular formula is C41H32N6O15S4. The number of anilines is 4. The van der Waals surface area contributed by atoms with E-state index in [1.807, 2.05) is 0 Å². The zero-order chi connectivity index (χ0) is 47.5. The van der Waals surface area contributed by atoms with E-state index in [2.05, 4.69) is 31.7 Å². The molecule has 6 aromatic carbocycles. The van der Waals surface area contributed by atoms with Crippen molar-refractivity contribution in [3.05, 3.63) is 131 Å². The number of amides is 2. The van der Waals surface area contributed by atoms with Crippen molar-refractivity contribution < 1.29 is 66.3 Å². The Morgan fingerprint density at radius 3 is 1.18 bits per heavy atom. The molecule has 6 aromatic rings. The maximum absolute atomic E-state index is 13.6. The molecule has 0 saturated carbocycles. The van der Waals surface area contributed by atoms with Gasteiger partial charge in [0.25, 0.3) is 40.5 Å². The number of Topliss-reactive ketones (excluding diaryl/α,β-unsaturated/α-hetero) is 2. The Labute approximate surface area is 374 Å². The lowest BCUT2D eigenvalue weighted by atomic mass is 9.88. The van der Waals surface area contributed by atoms with Gasteiger partial charge in [-0.2, -0.15) is 43.9 Å². The summed E-state index contributed by atoms with van der Waals surface area (Å²) in [5, 5.41) is 11.4. The molecule has 2 aliphatic rings. The second-order valence-electron chi connectivity index (χ2n) is 15.0. The fourth-order valence-corrected chi connectivity index (χ4v) is 10.2. The molecule has 0 aromatic heterocycles. The van der Waals surface area contributed by atoms with Gasteiger partial charge >= 0.3 is 6.03 Å². The minimum Gasteiger partial charge on any atom is -0.308 e. The van der Waals surface area contributed by atoms with Crippen LogP contribution < -0.4 is 21.5 Å². The van der Waals surface area contributed by atoms with Crippen molar-refractivity contribution in [1.29, 1.82) is 0 Å². The number of carbonyl (C=O) groups excluding carboxylic acids is 3. The molecular weight excluding hydrogens is 945 g/mol. The fourth-order valence-electron chi connectivity index (χ4n) is 7.47. The molecule has 2 aliphatic carbocycles. The summed E-state index contributed by atoms with van der Waals surface area (Å²) in [6.45, 7) is 0. The highest BCUT2D eigenvalue weighted by Gasteiger charge is 2.41. The maximum Gasteiger partial charge on any atom is 0.323 e. The summed E-state index contributed by atoms with van der Waals surface area (Å²) in [6.07, 6.45) is -0.851. The number of ketones is 2. The zero-order valence-corrected chi connectivity index (χ0v) is 36.5. The molecule has 2 amide bonds. The molecule has 0 aliphatic heterocycles. The van der Waals surface area contributed by atoms with Crippen LogP contribution in [0, 0.1) is 0 Å². The third-order valence-electron chi connectivity index (χ3n) is 10.7. The molecule has 66 heavy (non-hydrogen) atoms. The van der Waals surface area contributed by atoms with Gasteiger partial charge in [0.1, 0.15) is 21.9 Å². The Morgan fingerprint density at radius 2 is 0.818 bits per heavy atom. The molecule has 0 radical (unpaired) electrons. The number of hydrogen-bond donors (Lipinski definition) is 8. The summed E-state index contributed by atoms with van der Waals surface area (Å²) in [6, 6.07) is 23.8. The van der Waals surface area contributed by atoms with E-state index in [-0.39, 0.29) is 54.8 Å². The number of nitrogens with one attached hydrogen (secondary N) is 4. The molecule has 8 N–H and O–H groups in total. The molecule has 8 rings (SSSR count). The number of hydrazone groups is 2. The third-order valence-corrected chi connectivity index (χ3v) is 14.6. The highest BCUT2D eigenvalue weighted by atomic mass is 32.2. The molecule has 340 valence electrons. The van der Waals surface area contributed by atoms with E-state index in [0.717, 1.165) is 0 Å². The van der Waals surface area contributed by atoms with Crippen LogP contribution in [-0.2, 0) is 53.3 Å². The minimum absolute atomic E-state index is 0.0256. The van der Waals surface area contributed by atoms with Crippen LogP contribution in [0.5, 0.6) is 0 Å². The number of rotatable bonds is 10. The van der Waals surface area contributed by atoms with Crippen molar-refractivity contribution in [3.8, 4) is 0 Å². The monoisotopic (exact) mass is 976 g/mol. The Morgan fingerprint density at radius 1 is 0.470 bits per heavy atom. The highest BCUT2D eigenvalue weighted by Crippen LogP contribution is 2.31. The zero-order valence-electron chi connectivity index (χ0n) is 33.3. The number of nitrogens with zero attached hydrogens (tertiary/aromatic N) is 2. The molecule has 0 heterocycles. The Hall–Kier alpha value is -6.97. The van der Waals surface area contributed by atoms with Crippen LogP contribution in [0.15, 0.2) is 129 Å². The van der Waals surface area contributed by atoms with Gasteiger partial charge in [0.15, 0.2) is 0 Å². The van der Waals surface area contributed by atoms with Crippen molar-refractivity contribution in [2.75, 3.05) is 21.5 Å². The van der Waals surface area contributed by atoms with Crippen molar-refractivity contribution in [1.82, 2.24) is 0 Å². The lowest BCUT2D eigenvalue weighted by molar-refractivity contribution is 0.105. The third kappa shape index (κ3) is 9.53. The topological polar surface area (TPSA) is 342 Å². The van der Waals surface area contributed by atoms with Crippen molar-refractivity contribution in [3.63, 3.8) is 0 Å².